The van der Waals surface area contributed by atoms with Crippen molar-refractivity contribution in [1.82, 2.24) is 19.8 Å². The van der Waals surface area contributed by atoms with Crippen LogP contribution in [0.25, 0.3) is 11.4 Å². The van der Waals surface area contributed by atoms with Gasteiger partial charge in [-0.2, -0.15) is 0 Å². The number of carbonyl (C=O) groups excluding carboxylic acids is 1. The molecule has 2 heterocycles. The van der Waals surface area contributed by atoms with Gasteiger partial charge in [0.25, 0.3) is 5.91 Å². The minimum absolute atomic E-state index is 0.0515. The van der Waals surface area contributed by atoms with Crippen molar-refractivity contribution in [2.45, 2.75) is 52.0 Å². The number of hydrogen-bond donors (Lipinski definition) is 0. The molecule has 6 nitrogen and oxygen atoms in total. The molecule has 1 aromatic carbocycles. The topological polar surface area (TPSA) is 52.6 Å². The van der Waals surface area contributed by atoms with Gasteiger partial charge in [-0.1, -0.05) is 49.9 Å². The number of carbonyl (C=O) groups is 1. The molecule has 1 aliphatic carbocycles. The summed E-state index contributed by atoms with van der Waals surface area (Å²) >= 11 is 0. The van der Waals surface area contributed by atoms with E-state index in [0.29, 0.717) is 17.4 Å². The SMILES string of the molecule is CCN1CCN(c2nc(-c3cccc(C)c3)ncc2C(=O)N(C)C2CCCCC2)CC1. The molecule has 2 aromatic rings. The maximum Gasteiger partial charge on any atom is 0.259 e. The zero-order chi connectivity index (χ0) is 21.8. The van der Waals surface area contributed by atoms with E-state index in [1.807, 2.05) is 24.1 Å². The molecule has 1 saturated heterocycles. The number of nitrogens with zero attached hydrogens (tertiary/aromatic N) is 5. The molecule has 0 unspecified atom stereocenters. The lowest BCUT2D eigenvalue weighted by Gasteiger charge is -2.36. The first kappa shape index (κ1) is 21.8. The number of aromatic nitrogens is 2. The van der Waals surface area contributed by atoms with Crippen LogP contribution in [-0.4, -0.2) is 71.5 Å². The van der Waals surface area contributed by atoms with Crippen molar-refractivity contribution in [3.05, 3.63) is 41.6 Å². The molecule has 4 rings (SSSR count). The Labute approximate surface area is 186 Å². The van der Waals surface area contributed by atoms with Crippen LogP contribution >= 0.6 is 0 Å². The minimum atomic E-state index is 0.0515. The monoisotopic (exact) mass is 421 g/mol. The van der Waals surface area contributed by atoms with Crippen molar-refractivity contribution >= 4 is 11.7 Å². The average molecular weight is 422 g/mol. The summed E-state index contributed by atoms with van der Waals surface area (Å²) < 4.78 is 0. The Hall–Kier alpha value is -2.47. The Morgan fingerprint density at radius 3 is 2.55 bits per heavy atom. The highest BCUT2D eigenvalue weighted by Crippen LogP contribution is 2.28. The number of amides is 1. The van der Waals surface area contributed by atoms with Gasteiger partial charge < -0.3 is 14.7 Å². The van der Waals surface area contributed by atoms with Gasteiger partial charge >= 0.3 is 0 Å². The molecule has 166 valence electrons. The van der Waals surface area contributed by atoms with Crippen molar-refractivity contribution in [2.75, 3.05) is 44.7 Å². The first-order chi connectivity index (χ1) is 15.1. The average Bonchev–Trinajstić information content (AvgIpc) is 2.83. The molecule has 0 N–H and O–H groups in total. The van der Waals surface area contributed by atoms with Crippen LogP contribution in [0.5, 0.6) is 0 Å². The Bertz CT molecular complexity index is 901. The van der Waals surface area contributed by atoms with Crippen LogP contribution in [0.2, 0.25) is 0 Å². The van der Waals surface area contributed by atoms with E-state index < -0.39 is 0 Å². The second-order valence-corrected chi connectivity index (χ2v) is 8.93. The first-order valence-corrected chi connectivity index (χ1v) is 11.8. The van der Waals surface area contributed by atoms with Crippen LogP contribution in [0.15, 0.2) is 30.5 Å². The van der Waals surface area contributed by atoms with Gasteiger partial charge in [0, 0.05) is 51.0 Å². The first-order valence-electron chi connectivity index (χ1n) is 11.8. The molecule has 2 fully saturated rings. The third kappa shape index (κ3) is 4.90. The van der Waals surface area contributed by atoms with Gasteiger partial charge in [-0.05, 0) is 32.4 Å². The molecule has 2 aliphatic rings. The fraction of sp³-hybridized carbons (Fsp3) is 0.560. The van der Waals surface area contributed by atoms with E-state index in [4.69, 9.17) is 4.98 Å². The van der Waals surface area contributed by atoms with Crippen molar-refractivity contribution in [1.29, 1.82) is 0 Å². The molecule has 31 heavy (non-hydrogen) atoms. The molecule has 1 aromatic heterocycles. The van der Waals surface area contributed by atoms with Crippen LogP contribution in [0, 0.1) is 6.92 Å². The maximum absolute atomic E-state index is 13.5. The molecule has 0 radical (unpaired) electrons. The minimum Gasteiger partial charge on any atom is -0.353 e. The predicted molar refractivity (Wildman–Crippen MR) is 125 cm³/mol. The van der Waals surface area contributed by atoms with Crippen molar-refractivity contribution in [2.24, 2.45) is 0 Å². The van der Waals surface area contributed by atoms with Crippen LogP contribution in [0.4, 0.5) is 5.82 Å². The zero-order valence-electron chi connectivity index (χ0n) is 19.2. The molecule has 1 saturated carbocycles. The van der Waals surface area contributed by atoms with E-state index in [1.165, 1.54) is 24.8 Å². The fourth-order valence-electron chi connectivity index (χ4n) is 4.79. The predicted octanol–water partition coefficient (Wildman–Crippen LogP) is 4.00. The van der Waals surface area contributed by atoms with E-state index in [1.54, 1.807) is 6.20 Å². The fourth-order valence-corrected chi connectivity index (χ4v) is 4.79. The molecule has 0 spiro atoms. The number of piperazine rings is 1. The van der Waals surface area contributed by atoms with Gasteiger partial charge in [-0.15, -0.1) is 0 Å². The largest absolute Gasteiger partial charge is 0.353 e. The van der Waals surface area contributed by atoms with Gasteiger partial charge in [0.2, 0.25) is 0 Å². The van der Waals surface area contributed by atoms with E-state index in [2.05, 4.69) is 40.8 Å². The lowest BCUT2D eigenvalue weighted by molar-refractivity contribution is 0.0696. The van der Waals surface area contributed by atoms with Crippen LogP contribution in [-0.2, 0) is 0 Å². The van der Waals surface area contributed by atoms with Gasteiger partial charge in [-0.25, -0.2) is 9.97 Å². The summed E-state index contributed by atoms with van der Waals surface area (Å²) in [5, 5.41) is 0. The van der Waals surface area contributed by atoms with Crippen LogP contribution in [0.1, 0.15) is 54.9 Å². The van der Waals surface area contributed by atoms with E-state index >= 15 is 0 Å². The molecular weight excluding hydrogens is 386 g/mol. The Morgan fingerprint density at radius 1 is 1.13 bits per heavy atom. The van der Waals surface area contributed by atoms with E-state index in [-0.39, 0.29) is 5.91 Å². The molecule has 1 amide bonds. The molecule has 6 heteroatoms. The second kappa shape index (κ2) is 9.77. The number of likely N-dealkylation sites (N-methyl/N-ethyl adjacent to an activating group) is 1. The lowest BCUT2D eigenvalue weighted by atomic mass is 9.94. The summed E-state index contributed by atoms with van der Waals surface area (Å²) in [6.07, 6.45) is 7.63. The zero-order valence-corrected chi connectivity index (χ0v) is 19.2. The second-order valence-electron chi connectivity index (χ2n) is 8.93. The Kier molecular flexibility index (Phi) is 6.86. The van der Waals surface area contributed by atoms with Crippen molar-refractivity contribution in [3.63, 3.8) is 0 Å². The Balaban J connectivity index is 1.67. The third-order valence-electron chi connectivity index (χ3n) is 6.84. The summed E-state index contributed by atoms with van der Waals surface area (Å²) in [4.78, 5) is 29.8. The van der Waals surface area contributed by atoms with E-state index in [9.17, 15) is 4.79 Å². The number of anilines is 1. The summed E-state index contributed by atoms with van der Waals surface area (Å²) in [6, 6.07) is 8.57. The Morgan fingerprint density at radius 2 is 1.87 bits per heavy atom. The highest BCUT2D eigenvalue weighted by molar-refractivity contribution is 5.99. The van der Waals surface area contributed by atoms with E-state index in [0.717, 1.165) is 56.9 Å². The summed E-state index contributed by atoms with van der Waals surface area (Å²) in [5.41, 5.74) is 2.80. The number of benzene rings is 1. The quantitative estimate of drug-likeness (QED) is 0.730. The molecule has 0 atom stereocenters. The maximum atomic E-state index is 13.5. The highest BCUT2D eigenvalue weighted by atomic mass is 16.2. The van der Waals surface area contributed by atoms with Gasteiger partial charge in [0.05, 0.1) is 0 Å². The molecular formula is C25H35N5O. The molecule has 1 aliphatic heterocycles. The third-order valence-corrected chi connectivity index (χ3v) is 6.84. The number of hydrogen-bond acceptors (Lipinski definition) is 5. The summed E-state index contributed by atoms with van der Waals surface area (Å²) in [5.74, 6) is 1.53. The normalized spacial score (nSPS) is 18.2. The lowest BCUT2D eigenvalue weighted by Crippen LogP contribution is -2.47. The van der Waals surface area contributed by atoms with Crippen molar-refractivity contribution < 1.29 is 4.79 Å². The highest BCUT2D eigenvalue weighted by Gasteiger charge is 2.28. The number of aryl methyl sites for hydroxylation is 1. The van der Waals surface area contributed by atoms with Crippen LogP contribution in [0.3, 0.4) is 0 Å². The number of rotatable bonds is 5. The summed E-state index contributed by atoms with van der Waals surface area (Å²) in [7, 11) is 1.95. The van der Waals surface area contributed by atoms with Gasteiger partial charge in [0.15, 0.2) is 5.82 Å². The standard InChI is InChI=1S/C25H35N5O/c1-4-29-13-15-30(16-14-29)24-22(25(31)28(3)21-11-6-5-7-12-21)18-26-23(27-24)20-10-8-9-19(2)17-20/h8-10,17-18,21H,4-7,11-16H2,1-3H3. The molecule has 0 bridgehead atoms. The van der Waals surface area contributed by atoms with Crippen molar-refractivity contribution in [3.8, 4) is 11.4 Å². The van der Waals surface area contributed by atoms with Gasteiger partial charge in [-0.3, -0.25) is 4.79 Å². The van der Waals surface area contributed by atoms with Crippen LogP contribution < -0.4 is 4.90 Å². The summed E-state index contributed by atoms with van der Waals surface area (Å²) in [6.45, 7) is 9.08. The smallest absolute Gasteiger partial charge is 0.259 e. The van der Waals surface area contributed by atoms with Gasteiger partial charge in [0.1, 0.15) is 11.4 Å².